The molecule has 2 aromatic heterocycles. The molecule has 0 spiro atoms. The number of benzene rings is 1. The lowest BCUT2D eigenvalue weighted by molar-refractivity contribution is -0.132. The number of rotatable bonds is 7. The second-order valence-electron chi connectivity index (χ2n) is 8.98. The van der Waals surface area contributed by atoms with Crippen LogP contribution in [-0.4, -0.2) is 42.6 Å². The van der Waals surface area contributed by atoms with Crippen LogP contribution < -0.4 is 11.2 Å². The van der Waals surface area contributed by atoms with Gasteiger partial charge >= 0.3 is 5.69 Å². The van der Waals surface area contributed by atoms with Crippen molar-refractivity contribution in [2.24, 2.45) is 5.92 Å². The Bertz CT molecular complexity index is 1200. The summed E-state index contributed by atoms with van der Waals surface area (Å²) < 4.78 is 4.43. The Balaban J connectivity index is 1.80. The molecule has 0 bridgehead atoms. The maximum Gasteiger partial charge on any atom is 0.333 e. The molecule has 0 saturated carbocycles. The molecule has 0 unspecified atom stereocenters. The summed E-state index contributed by atoms with van der Waals surface area (Å²) in [7, 11) is 0. The van der Waals surface area contributed by atoms with Gasteiger partial charge in [0.25, 0.3) is 5.56 Å². The minimum Gasteiger partial charge on any atom is -0.341 e. The zero-order valence-electron chi connectivity index (χ0n) is 18.9. The molecule has 170 valence electrons. The number of aryl methyl sites for hydroxylation is 1. The van der Waals surface area contributed by atoms with Crippen LogP contribution in [0.1, 0.15) is 45.1 Å². The van der Waals surface area contributed by atoms with Gasteiger partial charge in [-0.2, -0.15) is 0 Å². The van der Waals surface area contributed by atoms with Gasteiger partial charge in [-0.3, -0.25) is 14.2 Å². The van der Waals surface area contributed by atoms with E-state index >= 15 is 0 Å². The lowest BCUT2D eigenvalue weighted by Gasteiger charge is -2.26. The number of aromatic nitrogens is 4. The third-order valence-electron chi connectivity index (χ3n) is 6.12. The summed E-state index contributed by atoms with van der Waals surface area (Å²) in [5.74, 6) is 0.285. The highest BCUT2D eigenvalue weighted by atomic mass is 16.2. The van der Waals surface area contributed by atoms with E-state index in [9.17, 15) is 14.4 Å². The third kappa shape index (κ3) is 4.54. The monoisotopic (exact) mass is 437 g/mol. The second kappa shape index (κ2) is 9.54. The Morgan fingerprint density at radius 3 is 2.44 bits per heavy atom. The van der Waals surface area contributed by atoms with Crippen LogP contribution in [0.5, 0.6) is 0 Å². The highest BCUT2D eigenvalue weighted by Gasteiger charge is 2.23. The van der Waals surface area contributed by atoms with Crippen molar-refractivity contribution in [3.8, 4) is 0 Å². The zero-order valence-corrected chi connectivity index (χ0v) is 18.9. The number of piperidine rings is 1. The van der Waals surface area contributed by atoms with Crippen LogP contribution in [0.4, 0.5) is 0 Å². The van der Waals surface area contributed by atoms with E-state index in [0.717, 1.165) is 35.8 Å². The molecule has 1 aliphatic heterocycles. The lowest BCUT2D eigenvalue weighted by atomic mass is 10.1. The molecule has 1 aromatic carbocycles. The van der Waals surface area contributed by atoms with Crippen LogP contribution in [0.15, 0.2) is 46.2 Å². The van der Waals surface area contributed by atoms with Crippen LogP contribution in [0.25, 0.3) is 11.2 Å². The predicted molar refractivity (Wildman–Crippen MR) is 124 cm³/mol. The van der Waals surface area contributed by atoms with Crippen molar-refractivity contribution in [2.45, 2.75) is 59.2 Å². The highest BCUT2D eigenvalue weighted by molar-refractivity contribution is 5.77. The third-order valence-corrected chi connectivity index (χ3v) is 6.12. The van der Waals surface area contributed by atoms with Gasteiger partial charge in [0.15, 0.2) is 11.2 Å². The molecule has 1 saturated heterocycles. The quantitative estimate of drug-likeness (QED) is 0.569. The van der Waals surface area contributed by atoms with E-state index in [2.05, 4.69) is 18.8 Å². The predicted octanol–water partition coefficient (Wildman–Crippen LogP) is 2.47. The normalized spacial score (nSPS) is 14.4. The van der Waals surface area contributed by atoms with Gasteiger partial charge < -0.3 is 9.47 Å². The molecule has 1 fully saturated rings. The minimum absolute atomic E-state index is 0.178. The number of imidazole rings is 1. The first-order valence-electron chi connectivity index (χ1n) is 11.5. The largest absolute Gasteiger partial charge is 0.341 e. The standard InChI is InChI=1S/C24H31N5O3/c1-18(2)11-14-27-17-25-22-21(27)23(31)29(16-20(30)26-12-7-4-8-13-26)24(32)28(22)15-19-9-5-3-6-10-19/h3,5-6,9-10,17-18H,4,7-8,11-16H2,1-2H3. The van der Waals surface area contributed by atoms with Crippen LogP contribution in [-0.2, 0) is 24.4 Å². The molecule has 0 aliphatic carbocycles. The Morgan fingerprint density at radius 2 is 1.75 bits per heavy atom. The first-order chi connectivity index (χ1) is 15.5. The molecular formula is C24H31N5O3. The Morgan fingerprint density at radius 1 is 1.03 bits per heavy atom. The average Bonchev–Trinajstić information content (AvgIpc) is 3.23. The summed E-state index contributed by atoms with van der Waals surface area (Å²) in [6.45, 7) is 6.29. The maximum absolute atomic E-state index is 13.4. The topological polar surface area (TPSA) is 82.1 Å². The molecule has 1 aliphatic rings. The Labute approximate surface area is 187 Å². The zero-order chi connectivity index (χ0) is 22.7. The molecule has 0 atom stereocenters. The molecule has 32 heavy (non-hydrogen) atoms. The Hall–Kier alpha value is -3.16. The smallest absolute Gasteiger partial charge is 0.333 e. The van der Waals surface area contributed by atoms with E-state index in [4.69, 9.17) is 0 Å². The Kier molecular flexibility index (Phi) is 6.58. The number of amides is 1. The summed E-state index contributed by atoms with van der Waals surface area (Å²) in [5, 5.41) is 0. The summed E-state index contributed by atoms with van der Waals surface area (Å²) in [6, 6.07) is 9.61. The molecule has 0 radical (unpaired) electrons. The van der Waals surface area contributed by atoms with Crippen LogP contribution in [0.3, 0.4) is 0 Å². The molecule has 3 heterocycles. The highest BCUT2D eigenvalue weighted by Crippen LogP contribution is 2.13. The van der Waals surface area contributed by atoms with Crippen molar-refractivity contribution < 1.29 is 4.79 Å². The number of carbonyl (C=O) groups is 1. The summed E-state index contributed by atoms with van der Waals surface area (Å²) in [6.07, 6.45) is 5.54. The maximum atomic E-state index is 13.4. The van der Waals surface area contributed by atoms with E-state index in [-0.39, 0.29) is 19.0 Å². The molecular weight excluding hydrogens is 406 g/mol. The van der Waals surface area contributed by atoms with Gasteiger partial charge in [-0.05, 0) is 37.2 Å². The van der Waals surface area contributed by atoms with Crippen molar-refractivity contribution in [1.82, 2.24) is 23.6 Å². The molecule has 1 amide bonds. The van der Waals surface area contributed by atoms with Gasteiger partial charge in [0.05, 0.1) is 12.9 Å². The molecule has 8 nitrogen and oxygen atoms in total. The summed E-state index contributed by atoms with van der Waals surface area (Å²) in [5.41, 5.74) is 0.744. The first kappa shape index (κ1) is 22.0. The number of likely N-dealkylation sites (tertiary alicyclic amines) is 1. The van der Waals surface area contributed by atoms with Crippen LogP contribution >= 0.6 is 0 Å². The van der Waals surface area contributed by atoms with Crippen molar-refractivity contribution in [3.63, 3.8) is 0 Å². The van der Waals surface area contributed by atoms with E-state index < -0.39 is 11.2 Å². The molecule has 4 rings (SSSR count). The van der Waals surface area contributed by atoms with E-state index in [1.807, 2.05) is 34.9 Å². The number of fused-ring (bicyclic) bond motifs is 1. The van der Waals surface area contributed by atoms with Crippen molar-refractivity contribution in [2.75, 3.05) is 13.1 Å². The molecule has 0 N–H and O–H groups in total. The molecule has 3 aromatic rings. The van der Waals surface area contributed by atoms with Gasteiger partial charge in [0.1, 0.15) is 6.54 Å². The van der Waals surface area contributed by atoms with Crippen molar-refractivity contribution >= 4 is 17.1 Å². The lowest BCUT2D eigenvalue weighted by Crippen LogP contribution is -2.46. The van der Waals surface area contributed by atoms with Crippen LogP contribution in [0.2, 0.25) is 0 Å². The number of hydrogen-bond donors (Lipinski definition) is 0. The first-order valence-corrected chi connectivity index (χ1v) is 11.5. The number of nitrogens with zero attached hydrogens (tertiary/aromatic N) is 5. The van der Waals surface area contributed by atoms with E-state index in [1.165, 1.54) is 4.57 Å². The number of carbonyl (C=O) groups excluding carboxylic acids is 1. The van der Waals surface area contributed by atoms with Crippen molar-refractivity contribution in [3.05, 3.63) is 63.1 Å². The molecule has 8 heteroatoms. The summed E-state index contributed by atoms with van der Waals surface area (Å²) in [4.78, 5) is 45.9. The SMILES string of the molecule is CC(C)CCn1cnc2c1c(=O)n(CC(=O)N1CCCCC1)c(=O)n2Cc1ccccc1. The van der Waals surface area contributed by atoms with Crippen LogP contribution in [0, 0.1) is 5.92 Å². The second-order valence-corrected chi connectivity index (χ2v) is 8.98. The number of hydrogen-bond acceptors (Lipinski definition) is 4. The van der Waals surface area contributed by atoms with Gasteiger partial charge in [-0.1, -0.05) is 44.2 Å². The van der Waals surface area contributed by atoms with Crippen molar-refractivity contribution in [1.29, 1.82) is 0 Å². The fourth-order valence-corrected chi connectivity index (χ4v) is 4.23. The average molecular weight is 438 g/mol. The minimum atomic E-state index is -0.495. The van der Waals surface area contributed by atoms with E-state index in [0.29, 0.717) is 36.7 Å². The van der Waals surface area contributed by atoms with Gasteiger partial charge in [-0.15, -0.1) is 0 Å². The van der Waals surface area contributed by atoms with Gasteiger partial charge in [-0.25, -0.2) is 14.3 Å². The van der Waals surface area contributed by atoms with Gasteiger partial charge in [0, 0.05) is 19.6 Å². The van der Waals surface area contributed by atoms with E-state index in [1.54, 1.807) is 11.2 Å². The summed E-state index contributed by atoms with van der Waals surface area (Å²) >= 11 is 0. The fourth-order valence-electron chi connectivity index (χ4n) is 4.23. The van der Waals surface area contributed by atoms with Gasteiger partial charge in [0.2, 0.25) is 5.91 Å². The fraction of sp³-hybridized carbons (Fsp3) is 0.500.